The molecule has 0 spiro atoms. The molecule has 4 aliphatic rings. The first-order valence-corrected chi connectivity index (χ1v) is 26.0. The van der Waals surface area contributed by atoms with Gasteiger partial charge < -0.3 is 37.6 Å². The zero-order chi connectivity index (χ0) is 42.3. The van der Waals surface area contributed by atoms with E-state index in [-0.39, 0.29) is 35.0 Å². The Morgan fingerprint density at radius 2 is 1.03 bits per heavy atom. The molecule has 4 fully saturated rings. The van der Waals surface area contributed by atoms with Crippen LogP contribution in [0.3, 0.4) is 0 Å². The van der Waals surface area contributed by atoms with Crippen LogP contribution < -0.4 is 20.7 Å². The van der Waals surface area contributed by atoms with Crippen LogP contribution in [0, 0.1) is 0 Å². The molecule has 0 aromatic heterocycles. The quantitative estimate of drug-likeness (QED) is 0.155. The molecule has 0 amide bonds. The predicted molar refractivity (Wildman–Crippen MR) is 241 cm³/mol. The molecule has 9 atom stereocenters. The molecule has 4 saturated heterocycles. The summed E-state index contributed by atoms with van der Waals surface area (Å²) in [5.74, 6) is -0.694. The molecule has 0 aliphatic carbocycles. The molecule has 60 heavy (non-hydrogen) atoms. The van der Waals surface area contributed by atoms with Gasteiger partial charge in [0.25, 0.3) is 16.6 Å². The zero-order valence-electron chi connectivity index (χ0n) is 36.8. The third-order valence-electron chi connectivity index (χ3n) is 13.3. The van der Waals surface area contributed by atoms with E-state index in [1.54, 1.807) is 0 Å². The summed E-state index contributed by atoms with van der Waals surface area (Å²) in [5.41, 5.74) is 0. The lowest BCUT2D eigenvalue weighted by molar-refractivity contribution is -0.255. The Bertz CT molecular complexity index is 1910. The van der Waals surface area contributed by atoms with Gasteiger partial charge >= 0.3 is 0 Å². The van der Waals surface area contributed by atoms with E-state index >= 15 is 0 Å². The Kier molecular flexibility index (Phi) is 12.6. The second-order valence-electron chi connectivity index (χ2n) is 19.8. The molecular formula is C50H66O8Si2. The van der Waals surface area contributed by atoms with Crippen molar-refractivity contribution in [2.24, 2.45) is 0 Å². The molecule has 0 saturated carbocycles. The van der Waals surface area contributed by atoms with Crippen LogP contribution in [0.4, 0.5) is 0 Å². The van der Waals surface area contributed by atoms with E-state index in [1.807, 2.05) is 13.8 Å². The fourth-order valence-electron chi connectivity index (χ4n) is 10.6. The van der Waals surface area contributed by atoms with E-state index in [4.69, 9.17) is 32.5 Å². The molecule has 8 nitrogen and oxygen atoms in total. The molecule has 0 bridgehead atoms. The highest BCUT2D eigenvalue weighted by Gasteiger charge is 2.64. The minimum atomic E-state index is -3.14. The highest BCUT2D eigenvalue weighted by molar-refractivity contribution is 7.00. The number of hydrogen-bond donors (Lipinski definition) is 1. The first kappa shape index (κ1) is 43.6. The van der Waals surface area contributed by atoms with Gasteiger partial charge in [0.05, 0.1) is 31.0 Å². The topological polar surface area (TPSA) is 84.8 Å². The first-order chi connectivity index (χ1) is 28.7. The van der Waals surface area contributed by atoms with Crippen LogP contribution >= 0.6 is 0 Å². The van der Waals surface area contributed by atoms with E-state index in [2.05, 4.69) is 163 Å². The van der Waals surface area contributed by atoms with Crippen molar-refractivity contribution in [1.29, 1.82) is 0 Å². The Balaban J connectivity index is 1.30. The Morgan fingerprint density at radius 3 is 1.45 bits per heavy atom. The predicted octanol–water partition coefficient (Wildman–Crippen LogP) is 6.88. The smallest absolute Gasteiger partial charge is 0.261 e. The number of rotatable bonds is 12. The van der Waals surface area contributed by atoms with Gasteiger partial charge in [-0.25, -0.2) is 0 Å². The third kappa shape index (κ3) is 8.18. The molecular weight excluding hydrogens is 785 g/mol. The standard InChI is InChI=1S/C50H66O8Si2/c1-48(2,3)59(37-21-13-9-14-22-37,38-23-15-10-16-24-38)57-44-42(33-36-34-52-50(7,8)56-36)55-46-45(44)54-41-30-29-35(31-32-51)53-43(41)47(46)58-60(49(4,5)6,39-25-17-11-18-26-39)40-27-19-12-20-28-40/h9-28,35-36,41-47,51H,29-34H2,1-8H3/t35-,36-,41+,42-,43+,44+,45+,46-,47+/m1/s1. The summed E-state index contributed by atoms with van der Waals surface area (Å²) >= 11 is 0. The van der Waals surface area contributed by atoms with Gasteiger partial charge in [0.15, 0.2) is 5.79 Å². The summed E-state index contributed by atoms with van der Waals surface area (Å²) in [6.45, 7) is 18.4. The lowest BCUT2D eigenvalue weighted by Gasteiger charge is -2.53. The van der Waals surface area contributed by atoms with Gasteiger partial charge in [0.1, 0.15) is 30.5 Å². The van der Waals surface area contributed by atoms with Crippen LogP contribution in [0.1, 0.15) is 81.1 Å². The normalized spacial score (nSPS) is 29.5. The van der Waals surface area contributed by atoms with E-state index in [1.165, 1.54) is 20.7 Å². The van der Waals surface area contributed by atoms with Gasteiger partial charge in [-0.3, -0.25) is 0 Å². The molecule has 0 unspecified atom stereocenters. The van der Waals surface area contributed by atoms with Crippen LogP contribution in [0.15, 0.2) is 121 Å². The number of fused-ring (bicyclic) bond motifs is 2. The molecule has 0 radical (unpaired) electrons. The number of aliphatic hydroxyl groups is 1. The van der Waals surface area contributed by atoms with Gasteiger partial charge in [-0.1, -0.05) is 163 Å². The van der Waals surface area contributed by atoms with Crippen LogP contribution in [0.25, 0.3) is 0 Å². The average Bonchev–Trinajstić information content (AvgIpc) is 3.76. The van der Waals surface area contributed by atoms with Crippen molar-refractivity contribution < 1.29 is 37.6 Å². The summed E-state index contributed by atoms with van der Waals surface area (Å²) in [7, 11) is -6.25. The summed E-state index contributed by atoms with van der Waals surface area (Å²) < 4.78 is 50.9. The molecule has 4 aromatic rings. The zero-order valence-corrected chi connectivity index (χ0v) is 38.8. The fraction of sp³-hybridized carbons (Fsp3) is 0.520. The number of ether oxygens (including phenoxy) is 5. The average molecular weight is 851 g/mol. The summed E-state index contributed by atoms with van der Waals surface area (Å²) in [5, 5.41) is 14.4. The molecule has 4 heterocycles. The van der Waals surface area contributed by atoms with Crippen LogP contribution in [0.5, 0.6) is 0 Å². The number of aliphatic hydroxyl groups excluding tert-OH is 1. The van der Waals surface area contributed by atoms with Gasteiger partial charge in [0, 0.05) is 13.0 Å². The minimum Gasteiger partial charge on any atom is -0.399 e. The molecule has 4 aromatic carbocycles. The third-order valence-corrected chi connectivity index (χ3v) is 23.3. The van der Waals surface area contributed by atoms with Crippen molar-refractivity contribution in [3.05, 3.63) is 121 Å². The molecule has 322 valence electrons. The van der Waals surface area contributed by atoms with Crippen molar-refractivity contribution in [3.8, 4) is 0 Å². The van der Waals surface area contributed by atoms with Gasteiger partial charge in [0.2, 0.25) is 0 Å². The summed E-state index contributed by atoms with van der Waals surface area (Å²) in [4.78, 5) is 0. The van der Waals surface area contributed by atoms with E-state index in [0.717, 1.165) is 12.8 Å². The van der Waals surface area contributed by atoms with Crippen molar-refractivity contribution >= 4 is 37.4 Å². The minimum absolute atomic E-state index is 0.0575. The van der Waals surface area contributed by atoms with Gasteiger partial charge in [-0.05, 0) is 63.9 Å². The van der Waals surface area contributed by atoms with Gasteiger partial charge in [-0.15, -0.1) is 0 Å². The lowest BCUT2D eigenvalue weighted by Crippen LogP contribution is -2.73. The second-order valence-corrected chi connectivity index (χ2v) is 28.3. The van der Waals surface area contributed by atoms with Gasteiger partial charge in [-0.2, -0.15) is 0 Å². The number of hydrogen-bond acceptors (Lipinski definition) is 8. The fourth-order valence-corrected chi connectivity index (χ4v) is 20.0. The molecule has 8 rings (SSSR count). The SMILES string of the molecule is CC1(C)OC[C@@H](C[C@H]2O[C@H]3[C@@H](O[Si](c4ccccc4)(c4ccccc4)C(C)(C)C)[C@H]4O[C@@H](CCO)CC[C@@H]4O[C@H]3[C@H]2O[Si](c2ccccc2)(c2ccccc2)C(C)(C)C)O1. The maximum absolute atomic E-state index is 10.1. The largest absolute Gasteiger partial charge is 0.399 e. The summed E-state index contributed by atoms with van der Waals surface area (Å²) in [6.07, 6.45) is -0.656. The first-order valence-electron chi connectivity index (χ1n) is 22.1. The molecule has 10 heteroatoms. The Labute approximate surface area is 360 Å². The van der Waals surface area contributed by atoms with Crippen molar-refractivity contribution in [2.75, 3.05) is 13.2 Å². The number of benzene rings is 4. The summed E-state index contributed by atoms with van der Waals surface area (Å²) in [6, 6.07) is 43.3. The molecule has 1 N–H and O–H groups in total. The van der Waals surface area contributed by atoms with Crippen molar-refractivity contribution in [1.82, 2.24) is 0 Å². The van der Waals surface area contributed by atoms with E-state index in [0.29, 0.717) is 19.4 Å². The van der Waals surface area contributed by atoms with E-state index < -0.39 is 59.0 Å². The Hall–Kier alpha value is -3.01. The lowest BCUT2D eigenvalue weighted by atomic mass is 9.88. The highest BCUT2D eigenvalue weighted by Crippen LogP contribution is 2.48. The van der Waals surface area contributed by atoms with Crippen LogP contribution in [-0.4, -0.2) is 95.7 Å². The van der Waals surface area contributed by atoms with Crippen molar-refractivity contribution in [2.45, 2.75) is 152 Å². The Morgan fingerprint density at radius 1 is 0.583 bits per heavy atom. The maximum Gasteiger partial charge on any atom is 0.261 e. The van der Waals surface area contributed by atoms with Crippen LogP contribution in [-0.2, 0) is 32.5 Å². The van der Waals surface area contributed by atoms with E-state index in [9.17, 15) is 5.11 Å². The van der Waals surface area contributed by atoms with Crippen LogP contribution in [0.2, 0.25) is 10.1 Å². The molecule has 4 aliphatic heterocycles. The monoisotopic (exact) mass is 850 g/mol. The van der Waals surface area contributed by atoms with Crippen molar-refractivity contribution in [3.63, 3.8) is 0 Å². The highest BCUT2D eigenvalue weighted by atomic mass is 28.4. The maximum atomic E-state index is 10.1. The second kappa shape index (κ2) is 17.3.